The van der Waals surface area contributed by atoms with E-state index in [1.807, 2.05) is 36.4 Å². The number of nitrogens with zero attached hydrogens (tertiary/aromatic N) is 4. The summed E-state index contributed by atoms with van der Waals surface area (Å²) in [5, 5.41) is 7.03. The molecule has 3 unspecified atom stereocenters. The van der Waals surface area contributed by atoms with Crippen LogP contribution in [0.2, 0.25) is 0 Å². The van der Waals surface area contributed by atoms with Crippen molar-refractivity contribution in [3.63, 3.8) is 0 Å². The molecule has 31 heavy (non-hydrogen) atoms. The first kappa shape index (κ1) is 19.4. The fourth-order valence-corrected chi connectivity index (χ4v) is 4.49. The number of hydrazine groups is 1. The average Bonchev–Trinajstić information content (AvgIpc) is 3.32. The van der Waals surface area contributed by atoms with Gasteiger partial charge in [-0.15, -0.1) is 5.10 Å². The highest BCUT2D eigenvalue weighted by molar-refractivity contribution is 6.01. The van der Waals surface area contributed by atoms with E-state index in [2.05, 4.69) is 31.2 Å². The van der Waals surface area contributed by atoms with E-state index in [1.165, 1.54) is 11.0 Å². The van der Waals surface area contributed by atoms with Gasteiger partial charge < -0.3 is 5.32 Å². The maximum Gasteiger partial charge on any atom is 0.295 e. The van der Waals surface area contributed by atoms with E-state index in [9.17, 15) is 9.59 Å². The van der Waals surface area contributed by atoms with E-state index >= 15 is 0 Å². The fourth-order valence-electron chi connectivity index (χ4n) is 4.49. The number of carbonyl (C=O) groups excluding carboxylic acids is 2. The fraction of sp³-hybridized carbons (Fsp3) is 0.318. The van der Waals surface area contributed by atoms with Gasteiger partial charge in [0.1, 0.15) is 6.33 Å². The number of anilines is 1. The molecule has 3 N–H and O–H groups in total. The van der Waals surface area contributed by atoms with Crippen molar-refractivity contribution in [2.75, 3.05) is 5.32 Å². The second-order valence-corrected chi connectivity index (χ2v) is 7.94. The Morgan fingerprint density at radius 3 is 2.71 bits per heavy atom. The highest BCUT2D eigenvalue weighted by Gasteiger charge is 2.40. The zero-order chi connectivity index (χ0) is 21.2. The molecule has 2 aliphatic rings. The summed E-state index contributed by atoms with van der Waals surface area (Å²) in [6, 6.07) is 13.2. The second-order valence-electron chi connectivity index (χ2n) is 7.94. The Bertz CT molecular complexity index is 1080. The summed E-state index contributed by atoms with van der Waals surface area (Å²) in [6.07, 6.45) is 7.36. The van der Waals surface area contributed by atoms with Gasteiger partial charge in [0, 0.05) is 17.8 Å². The molecular formula is C22H23N7O2. The van der Waals surface area contributed by atoms with Crippen molar-refractivity contribution >= 4 is 17.5 Å². The molecular weight excluding hydrogens is 394 g/mol. The minimum absolute atomic E-state index is 0.0661. The molecule has 2 amide bonds. The number of carbonyl (C=O) groups is 2. The molecule has 0 spiro atoms. The minimum atomic E-state index is -0.391. The van der Waals surface area contributed by atoms with Crippen LogP contribution in [-0.2, 0) is 4.79 Å². The van der Waals surface area contributed by atoms with Gasteiger partial charge in [-0.25, -0.2) is 20.1 Å². The molecule has 9 nitrogen and oxygen atoms in total. The number of rotatable bonds is 4. The summed E-state index contributed by atoms with van der Waals surface area (Å²) in [7, 11) is 0. The molecule has 5 rings (SSSR count). The van der Waals surface area contributed by atoms with Crippen LogP contribution in [0.5, 0.6) is 0 Å². The molecule has 3 aromatic rings. The summed E-state index contributed by atoms with van der Waals surface area (Å²) in [5.74, 6) is 0.727. The lowest BCUT2D eigenvalue weighted by molar-refractivity contribution is -0.133. The molecule has 0 radical (unpaired) electrons. The number of amides is 2. The van der Waals surface area contributed by atoms with Crippen molar-refractivity contribution in [3.05, 3.63) is 66.4 Å². The lowest BCUT2D eigenvalue weighted by Crippen LogP contribution is -2.55. The highest BCUT2D eigenvalue weighted by Crippen LogP contribution is 2.40. The number of hydrogen-bond acceptors (Lipinski definition) is 6. The van der Waals surface area contributed by atoms with Gasteiger partial charge >= 0.3 is 0 Å². The van der Waals surface area contributed by atoms with E-state index in [0.717, 1.165) is 31.2 Å². The standard InChI is InChI=1S/C22H23N7O2/c30-21-17-6-2-1-5-16(17)19(26-27-21)14-8-10-15(11-9-14)25-22(31)20-24-13-29(28-20)18-7-3-4-12-23-18/h3-4,7-13,16-17,19,26H,1-2,5-6H2,(H,25,31)(H,27,30). The maximum absolute atomic E-state index is 12.5. The van der Waals surface area contributed by atoms with Gasteiger partial charge in [0.05, 0.1) is 6.04 Å². The summed E-state index contributed by atoms with van der Waals surface area (Å²) >= 11 is 0. The predicted octanol–water partition coefficient (Wildman–Crippen LogP) is 2.40. The van der Waals surface area contributed by atoms with Gasteiger partial charge in [-0.2, -0.15) is 0 Å². The van der Waals surface area contributed by atoms with Crippen LogP contribution in [0.4, 0.5) is 5.69 Å². The van der Waals surface area contributed by atoms with Gasteiger partial charge in [-0.1, -0.05) is 31.0 Å². The third-order valence-corrected chi connectivity index (χ3v) is 6.04. The van der Waals surface area contributed by atoms with Gasteiger partial charge in [0.15, 0.2) is 5.82 Å². The first-order valence-electron chi connectivity index (χ1n) is 10.5. The number of nitrogens with one attached hydrogen (secondary N) is 3. The summed E-state index contributed by atoms with van der Waals surface area (Å²) in [6.45, 7) is 0. The molecule has 3 atom stereocenters. The van der Waals surface area contributed by atoms with Crippen molar-refractivity contribution in [2.24, 2.45) is 11.8 Å². The quantitative estimate of drug-likeness (QED) is 0.601. The Kier molecular flexibility index (Phi) is 5.17. The zero-order valence-corrected chi connectivity index (χ0v) is 16.9. The first-order chi connectivity index (χ1) is 15.2. The Balaban J connectivity index is 1.27. The largest absolute Gasteiger partial charge is 0.319 e. The van der Waals surface area contributed by atoms with Crippen LogP contribution in [0.15, 0.2) is 55.0 Å². The molecule has 1 saturated carbocycles. The maximum atomic E-state index is 12.5. The molecule has 1 aliphatic carbocycles. The van der Waals surface area contributed by atoms with Gasteiger partial charge in [0.2, 0.25) is 11.7 Å². The number of benzene rings is 1. The van der Waals surface area contributed by atoms with Crippen LogP contribution < -0.4 is 16.2 Å². The molecule has 0 bridgehead atoms. The third-order valence-electron chi connectivity index (χ3n) is 6.04. The monoisotopic (exact) mass is 417 g/mol. The normalized spacial score (nSPS) is 23.0. The number of hydrogen-bond donors (Lipinski definition) is 3. The molecule has 1 aromatic carbocycles. The van der Waals surface area contributed by atoms with Crippen LogP contribution in [0.1, 0.15) is 47.9 Å². The van der Waals surface area contributed by atoms with Gasteiger partial charge in [-0.05, 0) is 48.6 Å². The molecule has 2 fully saturated rings. The lowest BCUT2D eigenvalue weighted by atomic mass is 9.72. The summed E-state index contributed by atoms with van der Waals surface area (Å²) in [4.78, 5) is 33.0. The van der Waals surface area contributed by atoms with Crippen LogP contribution in [0, 0.1) is 11.8 Å². The smallest absolute Gasteiger partial charge is 0.295 e. The average molecular weight is 417 g/mol. The van der Waals surface area contributed by atoms with E-state index in [1.54, 1.807) is 12.3 Å². The molecule has 158 valence electrons. The van der Waals surface area contributed by atoms with Crippen molar-refractivity contribution in [2.45, 2.75) is 31.7 Å². The van der Waals surface area contributed by atoms with Crippen LogP contribution in [0.25, 0.3) is 5.82 Å². The van der Waals surface area contributed by atoms with Crippen molar-refractivity contribution in [1.82, 2.24) is 30.6 Å². The van der Waals surface area contributed by atoms with Crippen LogP contribution in [0.3, 0.4) is 0 Å². The van der Waals surface area contributed by atoms with Crippen molar-refractivity contribution in [3.8, 4) is 5.82 Å². The Morgan fingerprint density at radius 1 is 1.06 bits per heavy atom. The Morgan fingerprint density at radius 2 is 1.90 bits per heavy atom. The lowest BCUT2D eigenvalue weighted by Gasteiger charge is -2.41. The topological polar surface area (TPSA) is 114 Å². The van der Waals surface area contributed by atoms with Crippen molar-refractivity contribution < 1.29 is 9.59 Å². The SMILES string of the molecule is O=C(Nc1ccc(C2NNC(=O)C3CCCCC32)cc1)c1ncn(-c2ccccn2)n1. The van der Waals surface area contributed by atoms with Gasteiger partial charge in [0.25, 0.3) is 5.91 Å². The Hall–Kier alpha value is -3.59. The molecule has 9 heteroatoms. The number of pyridine rings is 1. The van der Waals surface area contributed by atoms with Gasteiger partial charge in [-0.3, -0.25) is 15.0 Å². The highest BCUT2D eigenvalue weighted by atomic mass is 16.2. The minimum Gasteiger partial charge on any atom is -0.319 e. The van der Waals surface area contributed by atoms with E-state index in [-0.39, 0.29) is 23.7 Å². The number of fused-ring (bicyclic) bond motifs is 1. The molecule has 1 saturated heterocycles. The molecule has 1 aliphatic heterocycles. The molecule has 3 heterocycles. The van der Waals surface area contributed by atoms with Crippen LogP contribution in [-0.4, -0.2) is 31.6 Å². The predicted molar refractivity (Wildman–Crippen MR) is 113 cm³/mol. The zero-order valence-electron chi connectivity index (χ0n) is 16.9. The van der Waals surface area contributed by atoms with E-state index < -0.39 is 5.91 Å². The summed E-state index contributed by atoms with van der Waals surface area (Å²) in [5.41, 5.74) is 7.75. The van der Waals surface area contributed by atoms with E-state index in [4.69, 9.17) is 0 Å². The van der Waals surface area contributed by atoms with Crippen LogP contribution >= 0.6 is 0 Å². The number of aromatic nitrogens is 4. The summed E-state index contributed by atoms with van der Waals surface area (Å²) < 4.78 is 1.46. The van der Waals surface area contributed by atoms with E-state index in [0.29, 0.717) is 17.4 Å². The third kappa shape index (κ3) is 3.91. The van der Waals surface area contributed by atoms with Crippen molar-refractivity contribution in [1.29, 1.82) is 0 Å². The second kappa shape index (κ2) is 8.27. The first-order valence-corrected chi connectivity index (χ1v) is 10.5. The Labute approximate surface area is 179 Å². The molecule has 2 aromatic heterocycles.